The van der Waals surface area contributed by atoms with Gasteiger partial charge in [0.1, 0.15) is 5.76 Å². The van der Waals surface area contributed by atoms with Gasteiger partial charge in [-0.05, 0) is 61.0 Å². The average Bonchev–Trinajstić information content (AvgIpc) is 3.47. The first kappa shape index (κ1) is 22.6. The maximum Gasteiger partial charge on any atom is 0.321 e. The van der Waals surface area contributed by atoms with E-state index in [0.29, 0.717) is 21.8 Å². The Morgan fingerprint density at radius 2 is 1.91 bits per heavy atom. The lowest BCUT2D eigenvalue weighted by Crippen LogP contribution is -2.39. The van der Waals surface area contributed by atoms with Crippen LogP contribution < -0.4 is 10.6 Å². The van der Waals surface area contributed by atoms with E-state index in [-0.39, 0.29) is 12.3 Å². The number of urea groups is 1. The van der Waals surface area contributed by atoms with E-state index in [1.54, 1.807) is 24.3 Å². The molecule has 0 fully saturated rings. The molecule has 2 N–H and O–H groups in total. The lowest BCUT2D eigenvalue weighted by Gasteiger charge is -2.11. The van der Waals surface area contributed by atoms with Gasteiger partial charge in [-0.15, -0.1) is 10.2 Å². The topological polar surface area (TPSA) is 102 Å². The molecule has 3 amide bonds. The summed E-state index contributed by atoms with van der Waals surface area (Å²) in [5.74, 6) is 0.742. The lowest BCUT2D eigenvalue weighted by molar-refractivity contribution is -0.117. The number of aromatic nitrogens is 3. The molecule has 0 atom stereocenters. The first-order chi connectivity index (χ1) is 16.0. The van der Waals surface area contributed by atoms with Gasteiger partial charge in [0.05, 0.1) is 18.6 Å². The van der Waals surface area contributed by atoms with Crippen LogP contribution in [0.3, 0.4) is 0 Å². The zero-order chi connectivity index (χ0) is 23.2. The number of aryl methyl sites for hydroxylation is 1. The largest absolute Gasteiger partial charge is 0.467 e. The van der Waals surface area contributed by atoms with Crippen LogP contribution in [-0.4, -0.2) is 32.5 Å². The second-order valence-corrected chi connectivity index (χ2v) is 8.47. The van der Waals surface area contributed by atoms with Crippen molar-refractivity contribution < 1.29 is 14.0 Å². The van der Waals surface area contributed by atoms with Gasteiger partial charge in [-0.3, -0.25) is 14.7 Å². The molecular weight excluding hydrogens is 462 g/mol. The van der Waals surface area contributed by atoms with Gasteiger partial charge in [0.2, 0.25) is 5.91 Å². The van der Waals surface area contributed by atoms with Crippen molar-refractivity contribution in [3.05, 3.63) is 83.3 Å². The standard InChI is InChI=1S/C23H20ClN5O3S/c1-15-4-2-5-18(12-15)29-21(16-7-9-17(24)10-8-16)27-28-23(29)33-14-20(30)26-22(31)25-13-19-6-3-11-32-19/h2-12H,13-14H2,1H3,(H2,25,26,30,31). The first-order valence-electron chi connectivity index (χ1n) is 10.0. The summed E-state index contributed by atoms with van der Waals surface area (Å²) in [6.45, 7) is 2.18. The molecule has 0 aliphatic carbocycles. The van der Waals surface area contributed by atoms with Gasteiger partial charge in [-0.25, -0.2) is 4.79 Å². The molecule has 0 radical (unpaired) electrons. The van der Waals surface area contributed by atoms with E-state index < -0.39 is 11.9 Å². The summed E-state index contributed by atoms with van der Waals surface area (Å²) in [6, 6.07) is 18.1. The van der Waals surface area contributed by atoms with Gasteiger partial charge in [0.25, 0.3) is 0 Å². The number of benzene rings is 2. The zero-order valence-corrected chi connectivity index (χ0v) is 19.2. The van der Waals surface area contributed by atoms with E-state index in [1.807, 2.05) is 47.9 Å². The van der Waals surface area contributed by atoms with Crippen LogP contribution >= 0.6 is 23.4 Å². The fourth-order valence-corrected chi connectivity index (χ4v) is 3.94. The van der Waals surface area contributed by atoms with Crippen molar-refractivity contribution in [2.24, 2.45) is 0 Å². The quantitative estimate of drug-likeness (QED) is 0.374. The van der Waals surface area contributed by atoms with Gasteiger partial charge in [0.15, 0.2) is 11.0 Å². The molecule has 0 spiro atoms. The Balaban J connectivity index is 1.48. The van der Waals surface area contributed by atoms with E-state index in [2.05, 4.69) is 20.8 Å². The number of rotatable bonds is 7. The molecule has 2 aromatic heterocycles. The number of hydrogen-bond acceptors (Lipinski definition) is 6. The monoisotopic (exact) mass is 481 g/mol. The van der Waals surface area contributed by atoms with Gasteiger partial charge < -0.3 is 9.73 Å². The predicted octanol–water partition coefficient (Wildman–Crippen LogP) is 4.61. The van der Waals surface area contributed by atoms with Crippen molar-refractivity contribution in [1.29, 1.82) is 0 Å². The number of carbonyl (C=O) groups excluding carboxylic acids is 2. The summed E-state index contributed by atoms with van der Waals surface area (Å²) < 4.78 is 7.03. The molecular formula is C23H20ClN5O3S. The molecule has 33 heavy (non-hydrogen) atoms. The summed E-state index contributed by atoms with van der Waals surface area (Å²) in [5.41, 5.74) is 2.77. The highest BCUT2D eigenvalue weighted by atomic mass is 35.5. The number of carbonyl (C=O) groups is 2. The Hall–Kier alpha value is -3.56. The second-order valence-electron chi connectivity index (χ2n) is 7.09. The third-order valence-corrected chi connectivity index (χ3v) is 5.77. The van der Waals surface area contributed by atoms with E-state index in [4.69, 9.17) is 16.0 Å². The number of thioether (sulfide) groups is 1. The Morgan fingerprint density at radius 1 is 1.09 bits per heavy atom. The molecule has 168 valence electrons. The molecule has 4 aromatic rings. The molecule has 8 nitrogen and oxygen atoms in total. The fourth-order valence-electron chi connectivity index (χ4n) is 3.07. The van der Waals surface area contributed by atoms with Crippen molar-refractivity contribution >= 4 is 35.3 Å². The Kier molecular flexibility index (Phi) is 7.11. The molecule has 0 saturated heterocycles. The molecule has 0 aliphatic heterocycles. The van der Waals surface area contributed by atoms with Crippen molar-refractivity contribution in [3.63, 3.8) is 0 Å². The number of imide groups is 1. The average molecular weight is 482 g/mol. The SMILES string of the molecule is Cc1cccc(-n2c(SCC(=O)NC(=O)NCc3ccco3)nnc2-c2ccc(Cl)cc2)c1. The highest BCUT2D eigenvalue weighted by Crippen LogP contribution is 2.29. The third kappa shape index (κ3) is 5.82. The molecule has 0 unspecified atom stereocenters. The van der Waals surface area contributed by atoms with Crippen LogP contribution in [0.1, 0.15) is 11.3 Å². The summed E-state index contributed by atoms with van der Waals surface area (Å²) in [7, 11) is 0. The van der Waals surface area contributed by atoms with Gasteiger partial charge in [0, 0.05) is 16.3 Å². The van der Waals surface area contributed by atoms with Crippen LogP contribution in [0, 0.1) is 6.92 Å². The summed E-state index contributed by atoms with van der Waals surface area (Å²) in [6.07, 6.45) is 1.51. The number of halogens is 1. The molecule has 2 aromatic carbocycles. The number of hydrogen-bond donors (Lipinski definition) is 2. The van der Waals surface area contributed by atoms with Gasteiger partial charge >= 0.3 is 6.03 Å². The predicted molar refractivity (Wildman–Crippen MR) is 126 cm³/mol. The maximum absolute atomic E-state index is 12.3. The van der Waals surface area contributed by atoms with Crippen molar-refractivity contribution in [1.82, 2.24) is 25.4 Å². The lowest BCUT2D eigenvalue weighted by atomic mass is 10.2. The minimum Gasteiger partial charge on any atom is -0.467 e. The first-order valence-corrected chi connectivity index (χ1v) is 11.4. The summed E-state index contributed by atoms with van der Waals surface area (Å²) >= 11 is 7.22. The molecule has 4 rings (SSSR count). The smallest absolute Gasteiger partial charge is 0.321 e. The molecule has 10 heteroatoms. The zero-order valence-electron chi connectivity index (χ0n) is 17.6. The molecule has 0 aliphatic rings. The van der Waals surface area contributed by atoms with E-state index in [9.17, 15) is 9.59 Å². The highest BCUT2D eigenvalue weighted by molar-refractivity contribution is 7.99. The maximum atomic E-state index is 12.3. The van der Waals surface area contributed by atoms with Gasteiger partial charge in [-0.1, -0.05) is 35.5 Å². The van der Waals surface area contributed by atoms with Crippen LogP contribution in [0.2, 0.25) is 5.02 Å². The number of furan rings is 1. The van der Waals surface area contributed by atoms with E-state index >= 15 is 0 Å². The Morgan fingerprint density at radius 3 is 2.64 bits per heavy atom. The molecule has 0 bridgehead atoms. The number of amides is 3. The molecule has 0 saturated carbocycles. The van der Waals surface area contributed by atoms with Crippen LogP contribution in [0.25, 0.3) is 17.1 Å². The minimum atomic E-state index is -0.598. The Labute approximate surface area is 199 Å². The van der Waals surface area contributed by atoms with E-state index in [1.165, 1.54) is 18.0 Å². The Bertz CT molecular complexity index is 1260. The van der Waals surface area contributed by atoms with Crippen molar-refractivity contribution in [2.75, 3.05) is 5.75 Å². The van der Waals surface area contributed by atoms with Crippen LogP contribution in [-0.2, 0) is 11.3 Å². The van der Waals surface area contributed by atoms with E-state index in [0.717, 1.165) is 16.8 Å². The summed E-state index contributed by atoms with van der Waals surface area (Å²) in [4.78, 5) is 24.3. The van der Waals surface area contributed by atoms with Crippen molar-refractivity contribution in [2.45, 2.75) is 18.6 Å². The third-order valence-electron chi connectivity index (χ3n) is 4.58. The van der Waals surface area contributed by atoms with Crippen molar-refractivity contribution in [3.8, 4) is 17.1 Å². The molecule has 2 heterocycles. The second kappa shape index (κ2) is 10.4. The summed E-state index contributed by atoms with van der Waals surface area (Å²) in [5, 5.41) is 14.7. The van der Waals surface area contributed by atoms with Gasteiger partial charge in [-0.2, -0.15) is 0 Å². The van der Waals surface area contributed by atoms with Crippen LogP contribution in [0.15, 0.2) is 76.5 Å². The number of nitrogens with zero attached hydrogens (tertiary/aromatic N) is 3. The normalized spacial score (nSPS) is 10.7. The van der Waals surface area contributed by atoms with Crippen LogP contribution in [0.4, 0.5) is 4.79 Å². The number of nitrogens with one attached hydrogen (secondary N) is 2. The highest BCUT2D eigenvalue weighted by Gasteiger charge is 2.18. The minimum absolute atomic E-state index is 0.0151. The fraction of sp³-hybridized carbons (Fsp3) is 0.130. The van der Waals surface area contributed by atoms with Crippen LogP contribution in [0.5, 0.6) is 0 Å².